The predicted octanol–water partition coefficient (Wildman–Crippen LogP) is 3.24. The summed E-state index contributed by atoms with van der Waals surface area (Å²) < 4.78 is 2.01. The van der Waals surface area contributed by atoms with Gasteiger partial charge in [0, 0.05) is 0 Å². The molecule has 0 spiro atoms. The molecule has 0 saturated heterocycles. The summed E-state index contributed by atoms with van der Waals surface area (Å²) in [5.74, 6) is 1.35. The van der Waals surface area contributed by atoms with Crippen LogP contribution in [0.2, 0.25) is 0 Å². The van der Waals surface area contributed by atoms with Gasteiger partial charge >= 0.3 is 0 Å². The molecule has 27 heavy (non-hydrogen) atoms. The molecule has 1 amide bonds. The number of fused-ring (bicyclic) bond motifs is 1. The lowest BCUT2D eigenvalue weighted by Gasteiger charge is -2.08. The third kappa shape index (κ3) is 4.01. The second-order valence-electron chi connectivity index (χ2n) is 6.04. The van der Waals surface area contributed by atoms with E-state index in [1.165, 1.54) is 11.8 Å². The number of aromatic nitrogens is 5. The highest BCUT2D eigenvalue weighted by molar-refractivity contribution is 7.99. The van der Waals surface area contributed by atoms with Gasteiger partial charge in [-0.05, 0) is 24.6 Å². The summed E-state index contributed by atoms with van der Waals surface area (Å²) in [6, 6.07) is 17.7. The van der Waals surface area contributed by atoms with Crippen molar-refractivity contribution in [3.8, 4) is 0 Å². The summed E-state index contributed by atoms with van der Waals surface area (Å²) in [7, 11) is 0. The number of para-hydroxylation sites is 2. The number of thioether (sulfide) groups is 1. The number of nitrogens with one attached hydrogen (secondary N) is 2. The van der Waals surface area contributed by atoms with Gasteiger partial charge in [0.15, 0.2) is 5.16 Å². The summed E-state index contributed by atoms with van der Waals surface area (Å²) >= 11 is 1.36. The lowest BCUT2D eigenvalue weighted by molar-refractivity contribution is -0.113. The van der Waals surface area contributed by atoms with Crippen LogP contribution in [0.4, 0.5) is 5.95 Å². The maximum absolute atomic E-state index is 12.3. The number of hydrogen-bond acceptors (Lipinski definition) is 5. The number of aromatic amines is 1. The molecule has 0 atom stereocenters. The van der Waals surface area contributed by atoms with Crippen LogP contribution >= 0.6 is 11.8 Å². The second kappa shape index (κ2) is 7.63. The Morgan fingerprint density at radius 1 is 1.11 bits per heavy atom. The van der Waals surface area contributed by atoms with Crippen LogP contribution < -0.4 is 5.32 Å². The normalized spacial score (nSPS) is 11.0. The average Bonchev–Trinajstić information content (AvgIpc) is 3.24. The number of aryl methyl sites for hydroxylation is 1. The number of imidazole rings is 1. The van der Waals surface area contributed by atoms with E-state index in [0.29, 0.717) is 12.5 Å². The first-order chi connectivity index (χ1) is 13.2. The van der Waals surface area contributed by atoms with Gasteiger partial charge in [-0.1, -0.05) is 54.2 Å². The van der Waals surface area contributed by atoms with Crippen molar-refractivity contribution in [1.29, 1.82) is 0 Å². The first kappa shape index (κ1) is 17.3. The van der Waals surface area contributed by atoms with E-state index in [0.717, 1.165) is 27.6 Å². The van der Waals surface area contributed by atoms with Gasteiger partial charge in [-0.2, -0.15) is 0 Å². The van der Waals surface area contributed by atoms with Gasteiger partial charge in [0.25, 0.3) is 0 Å². The Balaban J connectivity index is 1.40. The molecule has 2 aromatic carbocycles. The maximum atomic E-state index is 12.3. The van der Waals surface area contributed by atoms with Crippen LogP contribution in [0.15, 0.2) is 59.8 Å². The molecule has 4 aromatic rings. The van der Waals surface area contributed by atoms with Gasteiger partial charge in [-0.15, -0.1) is 10.2 Å². The molecule has 2 N–H and O–H groups in total. The highest BCUT2D eigenvalue weighted by Crippen LogP contribution is 2.19. The van der Waals surface area contributed by atoms with Gasteiger partial charge in [-0.3, -0.25) is 10.1 Å². The number of hydrogen-bond donors (Lipinski definition) is 2. The van der Waals surface area contributed by atoms with E-state index >= 15 is 0 Å². The smallest absolute Gasteiger partial charge is 0.237 e. The zero-order valence-corrected chi connectivity index (χ0v) is 15.5. The summed E-state index contributed by atoms with van der Waals surface area (Å²) in [5, 5.41) is 11.9. The molecule has 4 rings (SSSR count). The van der Waals surface area contributed by atoms with E-state index < -0.39 is 0 Å². The van der Waals surface area contributed by atoms with Crippen LogP contribution in [0, 0.1) is 6.92 Å². The van der Waals surface area contributed by atoms with E-state index in [1.54, 1.807) is 0 Å². The van der Waals surface area contributed by atoms with Crippen LogP contribution in [0.3, 0.4) is 0 Å². The third-order valence-corrected chi connectivity index (χ3v) is 5.03. The Labute approximate surface area is 160 Å². The number of H-pyrrole nitrogens is 1. The number of rotatable bonds is 6. The van der Waals surface area contributed by atoms with E-state index in [4.69, 9.17) is 0 Å². The van der Waals surface area contributed by atoms with Crippen LogP contribution in [0.1, 0.15) is 11.4 Å². The Kier molecular flexibility index (Phi) is 4.88. The fourth-order valence-corrected chi connectivity index (χ4v) is 3.51. The minimum atomic E-state index is -0.147. The van der Waals surface area contributed by atoms with E-state index in [1.807, 2.05) is 54.0 Å². The van der Waals surface area contributed by atoms with Crippen molar-refractivity contribution >= 4 is 34.7 Å². The Morgan fingerprint density at radius 3 is 2.70 bits per heavy atom. The molecule has 0 bridgehead atoms. The first-order valence-electron chi connectivity index (χ1n) is 8.50. The topological polar surface area (TPSA) is 88.5 Å². The minimum Gasteiger partial charge on any atom is -0.324 e. The van der Waals surface area contributed by atoms with Crippen molar-refractivity contribution in [3.05, 3.63) is 66.0 Å². The molecule has 0 radical (unpaired) electrons. The second-order valence-corrected chi connectivity index (χ2v) is 6.98. The van der Waals surface area contributed by atoms with Gasteiger partial charge in [-0.25, -0.2) is 4.98 Å². The first-order valence-corrected chi connectivity index (χ1v) is 9.49. The molecule has 8 heteroatoms. The molecule has 0 aliphatic rings. The van der Waals surface area contributed by atoms with Crippen molar-refractivity contribution in [2.24, 2.45) is 0 Å². The van der Waals surface area contributed by atoms with Gasteiger partial charge in [0.2, 0.25) is 11.9 Å². The van der Waals surface area contributed by atoms with Crippen LogP contribution in [0.5, 0.6) is 0 Å². The van der Waals surface area contributed by atoms with E-state index in [2.05, 4.69) is 37.6 Å². The number of carbonyl (C=O) groups excluding carboxylic acids is 1. The number of benzene rings is 2. The van der Waals surface area contributed by atoms with Crippen LogP contribution in [0.25, 0.3) is 11.0 Å². The standard InChI is InChI=1S/C19H18N6OS/c1-13-23-24-19(25(13)11-14-7-3-2-4-8-14)27-12-17(26)22-18-20-15-9-5-6-10-16(15)21-18/h2-10H,11-12H2,1H3,(H2,20,21,22,26). The summed E-state index contributed by atoms with van der Waals surface area (Å²) in [6.45, 7) is 2.58. The van der Waals surface area contributed by atoms with Gasteiger partial charge in [0.1, 0.15) is 5.82 Å². The van der Waals surface area contributed by atoms with Crippen molar-refractivity contribution in [2.75, 3.05) is 11.1 Å². The number of anilines is 1. The molecule has 0 aliphatic heterocycles. The molecule has 0 saturated carbocycles. The molecule has 7 nitrogen and oxygen atoms in total. The van der Waals surface area contributed by atoms with E-state index in [-0.39, 0.29) is 11.7 Å². The lowest BCUT2D eigenvalue weighted by Crippen LogP contribution is -2.15. The monoisotopic (exact) mass is 378 g/mol. The molecule has 2 aromatic heterocycles. The van der Waals surface area contributed by atoms with E-state index in [9.17, 15) is 4.79 Å². The minimum absolute atomic E-state index is 0.147. The molecule has 136 valence electrons. The maximum Gasteiger partial charge on any atom is 0.237 e. The average molecular weight is 378 g/mol. The highest BCUT2D eigenvalue weighted by atomic mass is 32.2. The summed E-state index contributed by atoms with van der Waals surface area (Å²) in [6.07, 6.45) is 0. The molecule has 0 unspecified atom stereocenters. The molecule has 0 fully saturated rings. The highest BCUT2D eigenvalue weighted by Gasteiger charge is 2.13. The van der Waals surface area contributed by atoms with Crippen LogP contribution in [-0.2, 0) is 11.3 Å². The Hall–Kier alpha value is -3.13. The zero-order chi connectivity index (χ0) is 18.6. The van der Waals surface area contributed by atoms with Crippen molar-refractivity contribution < 1.29 is 4.79 Å². The van der Waals surface area contributed by atoms with Gasteiger partial charge < -0.3 is 9.55 Å². The quantitative estimate of drug-likeness (QED) is 0.503. The zero-order valence-electron chi connectivity index (χ0n) is 14.7. The number of amides is 1. The van der Waals surface area contributed by atoms with Crippen LogP contribution in [-0.4, -0.2) is 36.4 Å². The van der Waals surface area contributed by atoms with Crippen molar-refractivity contribution in [3.63, 3.8) is 0 Å². The fraction of sp³-hybridized carbons (Fsp3) is 0.158. The molecular formula is C19H18N6OS. The number of nitrogens with zero attached hydrogens (tertiary/aromatic N) is 4. The summed E-state index contributed by atoms with van der Waals surface area (Å²) in [5.41, 5.74) is 2.87. The largest absolute Gasteiger partial charge is 0.324 e. The SMILES string of the molecule is Cc1nnc(SCC(=O)Nc2nc3ccccc3[nH]2)n1Cc1ccccc1. The number of carbonyl (C=O) groups is 1. The van der Waals surface area contributed by atoms with Crippen molar-refractivity contribution in [2.45, 2.75) is 18.6 Å². The fourth-order valence-electron chi connectivity index (χ4n) is 2.73. The third-order valence-electron chi connectivity index (χ3n) is 4.06. The lowest BCUT2D eigenvalue weighted by atomic mass is 10.2. The Bertz CT molecular complexity index is 1040. The molecule has 0 aliphatic carbocycles. The van der Waals surface area contributed by atoms with Gasteiger partial charge in [0.05, 0.1) is 23.3 Å². The van der Waals surface area contributed by atoms with Crippen molar-refractivity contribution in [1.82, 2.24) is 24.7 Å². The molecule has 2 heterocycles. The predicted molar refractivity (Wildman–Crippen MR) is 106 cm³/mol. The summed E-state index contributed by atoms with van der Waals surface area (Å²) in [4.78, 5) is 19.7. The Morgan fingerprint density at radius 2 is 1.89 bits per heavy atom. The molecular weight excluding hydrogens is 360 g/mol.